The highest BCUT2D eigenvalue weighted by Gasteiger charge is 2.15. The minimum absolute atomic E-state index is 0.0926. The van der Waals surface area contributed by atoms with Crippen molar-refractivity contribution in [2.45, 2.75) is 0 Å². The Balaban J connectivity index is 2.11. The predicted octanol–water partition coefficient (Wildman–Crippen LogP) is 4.44. The third-order valence-electron chi connectivity index (χ3n) is 2.73. The monoisotopic (exact) mass is 305 g/mol. The summed E-state index contributed by atoms with van der Waals surface area (Å²) in [6, 6.07) is 10.8. The number of rotatable bonds is 3. The Morgan fingerprint density at radius 3 is 2.55 bits per heavy atom. The summed E-state index contributed by atoms with van der Waals surface area (Å²) in [5, 5.41) is 13.3. The molecule has 0 spiro atoms. The number of carboxylic acids is 1. The third-order valence-corrected chi connectivity index (χ3v) is 3.77. The van der Waals surface area contributed by atoms with Gasteiger partial charge in [-0.2, -0.15) is 4.98 Å². The third kappa shape index (κ3) is 2.45. The second kappa shape index (κ2) is 5.11. The molecule has 0 amide bonds. The molecule has 0 aliphatic rings. The molecule has 0 aliphatic heterocycles. The largest absolute Gasteiger partial charge is 0.478 e. The fourth-order valence-corrected chi connectivity index (χ4v) is 2.65. The van der Waals surface area contributed by atoms with Crippen LogP contribution in [-0.4, -0.2) is 16.1 Å². The van der Waals surface area contributed by atoms with Gasteiger partial charge in [0.1, 0.15) is 16.5 Å². The van der Waals surface area contributed by atoms with Crippen molar-refractivity contribution < 1.29 is 14.6 Å². The van der Waals surface area contributed by atoms with Crippen molar-refractivity contribution in [2.24, 2.45) is 0 Å². The van der Waals surface area contributed by atoms with Crippen LogP contribution in [0.15, 0.2) is 41.8 Å². The molecule has 1 N–H and O–H groups in total. The SMILES string of the molecule is O=C(O)c1cc2ccccc2cc1Oc1nc(Cl)cs1. The number of aromatic carboxylic acids is 1. The topological polar surface area (TPSA) is 59.4 Å². The van der Waals surface area contributed by atoms with Crippen LogP contribution in [0.3, 0.4) is 0 Å². The van der Waals surface area contributed by atoms with Crippen molar-refractivity contribution in [2.75, 3.05) is 0 Å². The Morgan fingerprint density at radius 1 is 1.25 bits per heavy atom. The molecule has 3 aromatic rings. The highest BCUT2D eigenvalue weighted by Crippen LogP contribution is 2.32. The predicted molar refractivity (Wildman–Crippen MR) is 78.1 cm³/mol. The van der Waals surface area contributed by atoms with E-state index in [9.17, 15) is 9.90 Å². The number of thiazole rings is 1. The molecule has 0 bridgehead atoms. The molecule has 0 atom stereocenters. The lowest BCUT2D eigenvalue weighted by Crippen LogP contribution is -2.00. The maximum atomic E-state index is 11.3. The first-order valence-corrected chi connectivity index (χ1v) is 6.94. The van der Waals surface area contributed by atoms with Gasteiger partial charge in [0.2, 0.25) is 0 Å². The van der Waals surface area contributed by atoms with Gasteiger partial charge in [0.25, 0.3) is 5.19 Å². The van der Waals surface area contributed by atoms with Crippen molar-refractivity contribution in [3.8, 4) is 10.9 Å². The van der Waals surface area contributed by atoms with Crippen LogP contribution >= 0.6 is 22.9 Å². The molecule has 0 radical (unpaired) electrons. The summed E-state index contributed by atoms with van der Waals surface area (Å²) in [5.41, 5.74) is 0.0926. The molecule has 3 rings (SSSR count). The Labute approximate surface area is 123 Å². The second-order valence-electron chi connectivity index (χ2n) is 4.04. The van der Waals surface area contributed by atoms with Crippen LogP contribution in [0, 0.1) is 0 Å². The van der Waals surface area contributed by atoms with Gasteiger partial charge in [-0.1, -0.05) is 47.2 Å². The first-order valence-electron chi connectivity index (χ1n) is 5.68. The van der Waals surface area contributed by atoms with Crippen molar-refractivity contribution in [1.29, 1.82) is 0 Å². The molecule has 1 heterocycles. The number of hydrogen-bond donors (Lipinski definition) is 1. The van der Waals surface area contributed by atoms with Gasteiger partial charge in [-0.3, -0.25) is 0 Å². The number of benzene rings is 2. The quantitative estimate of drug-likeness (QED) is 0.777. The molecule has 6 heteroatoms. The van der Waals surface area contributed by atoms with Crippen LogP contribution in [0.25, 0.3) is 10.8 Å². The molecule has 100 valence electrons. The van der Waals surface area contributed by atoms with E-state index in [1.807, 2.05) is 24.3 Å². The van der Waals surface area contributed by atoms with Crippen molar-refractivity contribution >= 4 is 39.7 Å². The Hall–Kier alpha value is -2.11. The minimum Gasteiger partial charge on any atom is -0.478 e. The Morgan fingerprint density at radius 2 is 1.95 bits per heavy atom. The summed E-state index contributed by atoms with van der Waals surface area (Å²) in [5.74, 6) is -0.796. The summed E-state index contributed by atoms with van der Waals surface area (Å²) in [4.78, 5) is 15.3. The molecule has 0 unspecified atom stereocenters. The van der Waals surface area contributed by atoms with Crippen LogP contribution in [0.5, 0.6) is 10.9 Å². The zero-order chi connectivity index (χ0) is 14.1. The van der Waals surface area contributed by atoms with E-state index in [1.54, 1.807) is 17.5 Å². The summed E-state index contributed by atoms with van der Waals surface area (Å²) in [7, 11) is 0. The number of ether oxygens (including phenoxy) is 1. The zero-order valence-electron chi connectivity index (χ0n) is 10.0. The van der Waals surface area contributed by atoms with Gasteiger partial charge in [0.15, 0.2) is 0 Å². The molecule has 2 aromatic carbocycles. The van der Waals surface area contributed by atoms with Crippen molar-refractivity contribution in [1.82, 2.24) is 4.98 Å². The van der Waals surface area contributed by atoms with E-state index in [-0.39, 0.29) is 11.3 Å². The smallest absolute Gasteiger partial charge is 0.339 e. The van der Waals surface area contributed by atoms with Crippen LogP contribution in [0.2, 0.25) is 5.15 Å². The van der Waals surface area contributed by atoms with Gasteiger partial charge < -0.3 is 9.84 Å². The first kappa shape index (κ1) is 12.9. The van der Waals surface area contributed by atoms with E-state index in [2.05, 4.69) is 4.98 Å². The standard InChI is InChI=1S/C14H8ClNO3S/c15-12-7-20-14(16-12)19-11-6-9-4-2-1-3-8(9)5-10(11)13(17)18/h1-7H,(H,17,18). The van der Waals surface area contributed by atoms with Gasteiger partial charge in [-0.15, -0.1) is 0 Å². The number of carboxylic acid groups (broad SMARTS) is 1. The lowest BCUT2D eigenvalue weighted by Gasteiger charge is -2.08. The van der Waals surface area contributed by atoms with Crippen LogP contribution in [-0.2, 0) is 0 Å². The van der Waals surface area contributed by atoms with E-state index in [4.69, 9.17) is 16.3 Å². The average Bonchev–Trinajstić information content (AvgIpc) is 2.83. The van der Waals surface area contributed by atoms with Crippen LogP contribution in [0.1, 0.15) is 10.4 Å². The van der Waals surface area contributed by atoms with Crippen molar-refractivity contribution in [3.63, 3.8) is 0 Å². The van der Waals surface area contributed by atoms with E-state index in [0.717, 1.165) is 10.8 Å². The lowest BCUT2D eigenvalue weighted by atomic mass is 10.1. The van der Waals surface area contributed by atoms with Gasteiger partial charge >= 0.3 is 5.97 Å². The number of carbonyl (C=O) groups is 1. The van der Waals surface area contributed by atoms with Crippen LogP contribution < -0.4 is 4.74 Å². The summed E-state index contributed by atoms with van der Waals surface area (Å²) in [6.45, 7) is 0. The molecule has 0 fully saturated rings. The highest BCUT2D eigenvalue weighted by molar-refractivity contribution is 7.11. The fraction of sp³-hybridized carbons (Fsp3) is 0. The summed E-state index contributed by atoms with van der Waals surface area (Å²) < 4.78 is 5.54. The molecular formula is C14H8ClNO3S. The molecular weight excluding hydrogens is 298 g/mol. The molecule has 4 nitrogen and oxygen atoms in total. The highest BCUT2D eigenvalue weighted by atomic mass is 35.5. The second-order valence-corrected chi connectivity index (χ2v) is 5.25. The van der Waals surface area contributed by atoms with Gasteiger partial charge in [-0.25, -0.2) is 4.79 Å². The maximum Gasteiger partial charge on any atom is 0.339 e. The zero-order valence-corrected chi connectivity index (χ0v) is 11.6. The number of fused-ring (bicyclic) bond motifs is 1. The summed E-state index contributed by atoms with van der Waals surface area (Å²) >= 11 is 6.94. The number of hydrogen-bond acceptors (Lipinski definition) is 4. The van der Waals surface area contributed by atoms with Crippen LogP contribution in [0.4, 0.5) is 0 Å². The normalized spacial score (nSPS) is 10.7. The first-order chi connectivity index (χ1) is 9.63. The Bertz CT molecular complexity index is 800. The average molecular weight is 306 g/mol. The lowest BCUT2D eigenvalue weighted by molar-refractivity contribution is 0.0694. The molecule has 1 aromatic heterocycles. The van der Waals surface area contributed by atoms with Crippen molar-refractivity contribution in [3.05, 3.63) is 52.5 Å². The molecule has 20 heavy (non-hydrogen) atoms. The molecule has 0 saturated heterocycles. The van der Waals surface area contributed by atoms with Gasteiger partial charge in [0.05, 0.1) is 0 Å². The number of nitrogens with zero attached hydrogens (tertiary/aromatic N) is 1. The van der Waals surface area contributed by atoms with E-state index < -0.39 is 5.97 Å². The number of halogens is 1. The van der Waals surface area contributed by atoms with E-state index in [1.165, 1.54) is 11.3 Å². The molecule has 0 saturated carbocycles. The van der Waals surface area contributed by atoms with Gasteiger partial charge in [0, 0.05) is 5.38 Å². The fourth-order valence-electron chi connectivity index (χ4n) is 1.85. The van der Waals surface area contributed by atoms with E-state index >= 15 is 0 Å². The van der Waals surface area contributed by atoms with Gasteiger partial charge in [-0.05, 0) is 22.9 Å². The number of aromatic nitrogens is 1. The maximum absolute atomic E-state index is 11.3. The van der Waals surface area contributed by atoms with E-state index in [0.29, 0.717) is 10.3 Å². The minimum atomic E-state index is -1.05. The Kier molecular flexibility index (Phi) is 3.30. The molecule has 0 aliphatic carbocycles. The summed E-state index contributed by atoms with van der Waals surface area (Å²) in [6.07, 6.45) is 0.